The standard InChI is InChI=1S/C9H15N3O9/c10-7(15)18-1-2-4(20-8(11)16)3(13)5(6(14)19-2)21-9(12)17/h2-6,13-14H,1H2,(H2,10,15)(H2,11,16)(H2,12,17)/t2-,3+,4-,5+,6?/m1/s1. The zero-order valence-corrected chi connectivity index (χ0v) is 10.6. The number of ether oxygens (including phenoxy) is 4. The third-order valence-corrected chi connectivity index (χ3v) is 2.53. The van der Waals surface area contributed by atoms with Crippen molar-refractivity contribution >= 4 is 18.3 Å². The van der Waals surface area contributed by atoms with Crippen LogP contribution in [-0.2, 0) is 18.9 Å². The number of rotatable bonds is 4. The monoisotopic (exact) mass is 309 g/mol. The fraction of sp³-hybridized carbons (Fsp3) is 0.667. The summed E-state index contributed by atoms with van der Waals surface area (Å²) < 4.78 is 18.4. The maximum Gasteiger partial charge on any atom is 0.405 e. The molecule has 1 rings (SSSR count). The lowest BCUT2D eigenvalue weighted by Gasteiger charge is -2.40. The first kappa shape index (κ1) is 16.7. The van der Waals surface area contributed by atoms with Crippen molar-refractivity contribution < 1.29 is 43.5 Å². The minimum absolute atomic E-state index is 0.551. The summed E-state index contributed by atoms with van der Waals surface area (Å²) >= 11 is 0. The van der Waals surface area contributed by atoms with E-state index < -0.39 is 55.6 Å². The Morgan fingerprint density at radius 2 is 1.48 bits per heavy atom. The van der Waals surface area contributed by atoms with E-state index in [-0.39, 0.29) is 0 Å². The van der Waals surface area contributed by atoms with E-state index in [2.05, 4.69) is 14.2 Å². The van der Waals surface area contributed by atoms with Crippen molar-refractivity contribution in [3.8, 4) is 0 Å². The van der Waals surface area contributed by atoms with Gasteiger partial charge in [-0.25, -0.2) is 14.4 Å². The molecular weight excluding hydrogens is 294 g/mol. The van der Waals surface area contributed by atoms with Crippen molar-refractivity contribution in [2.24, 2.45) is 17.2 Å². The van der Waals surface area contributed by atoms with Crippen molar-refractivity contribution in [1.82, 2.24) is 0 Å². The van der Waals surface area contributed by atoms with Crippen LogP contribution in [0.25, 0.3) is 0 Å². The van der Waals surface area contributed by atoms with E-state index in [1.54, 1.807) is 0 Å². The molecule has 1 aliphatic rings. The van der Waals surface area contributed by atoms with E-state index in [1.807, 2.05) is 0 Å². The zero-order chi connectivity index (χ0) is 16.2. The van der Waals surface area contributed by atoms with Gasteiger partial charge in [0, 0.05) is 0 Å². The number of hydrogen-bond donors (Lipinski definition) is 5. The smallest absolute Gasteiger partial charge is 0.405 e. The van der Waals surface area contributed by atoms with Gasteiger partial charge >= 0.3 is 18.3 Å². The molecule has 1 heterocycles. The Balaban J connectivity index is 2.86. The van der Waals surface area contributed by atoms with Crippen molar-refractivity contribution in [3.05, 3.63) is 0 Å². The van der Waals surface area contributed by atoms with Gasteiger partial charge in [0.1, 0.15) is 18.8 Å². The van der Waals surface area contributed by atoms with E-state index in [9.17, 15) is 24.6 Å². The number of amides is 3. The lowest BCUT2D eigenvalue weighted by molar-refractivity contribution is -0.283. The molecule has 1 fully saturated rings. The van der Waals surface area contributed by atoms with Gasteiger partial charge in [-0.15, -0.1) is 0 Å². The fourth-order valence-corrected chi connectivity index (χ4v) is 1.75. The second kappa shape index (κ2) is 6.92. The first-order chi connectivity index (χ1) is 9.72. The Morgan fingerprint density at radius 3 is 1.95 bits per heavy atom. The molecule has 12 nitrogen and oxygen atoms in total. The van der Waals surface area contributed by atoms with Crippen LogP contribution < -0.4 is 17.2 Å². The normalized spacial score (nSPS) is 32.0. The minimum atomic E-state index is -1.80. The van der Waals surface area contributed by atoms with E-state index >= 15 is 0 Å². The third kappa shape index (κ3) is 4.62. The Labute approximate surface area is 117 Å². The Hall–Kier alpha value is -2.31. The van der Waals surface area contributed by atoms with Crippen molar-refractivity contribution in [1.29, 1.82) is 0 Å². The van der Waals surface area contributed by atoms with Crippen LogP contribution in [-0.4, -0.2) is 65.8 Å². The van der Waals surface area contributed by atoms with Gasteiger partial charge in [-0.05, 0) is 0 Å². The molecule has 0 saturated carbocycles. The summed E-state index contributed by atoms with van der Waals surface area (Å²) in [5, 5.41) is 19.6. The maximum absolute atomic E-state index is 10.8. The quantitative estimate of drug-likeness (QED) is 0.336. The van der Waals surface area contributed by atoms with Gasteiger partial charge in [-0.1, -0.05) is 0 Å². The molecule has 0 spiro atoms. The largest absolute Gasteiger partial charge is 0.447 e. The first-order valence-corrected chi connectivity index (χ1v) is 5.58. The highest BCUT2D eigenvalue weighted by atomic mass is 16.7. The summed E-state index contributed by atoms with van der Waals surface area (Å²) in [4.78, 5) is 32.0. The zero-order valence-electron chi connectivity index (χ0n) is 10.6. The number of primary amides is 3. The molecular formula is C9H15N3O9. The van der Waals surface area contributed by atoms with Gasteiger partial charge in [0.15, 0.2) is 18.5 Å². The lowest BCUT2D eigenvalue weighted by Crippen LogP contribution is -2.61. The van der Waals surface area contributed by atoms with Gasteiger partial charge < -0.3 is 46.4 Å². The summed E-state index contributed by atoms with van der Waals surface area (Å²) in [5.41, 5.74) is 14.4. The first-order valence-electron chi connectivity index (χ1n) is 5.58. The van der Waals surface area contributed by atoms with Gasteiger partial charge in [0.25, 0.3) is 0 Å². The summed E-state index contributed by atoms with van der Waals surface area (Å²) in [6.45, 7) is -0.551. The van der Waals surface area contributed by atoms with Crippen LogP contribution in [0.3, 0.4) is 0 Å². The summed E-state index contributed by atoms with van der Waals surface area (Å²) in [7, 11) is 0. The van der Waals surface area contributed by atoms with Crippen LogP contribution in [0.4, 0.5) is 14.4 Å². The number of aliphatic hydroxyl groups is 2. The molecule has 0 bridgehead atoms. The molecule has 0 aromatic heterocycles. The molecule has 0 aliphatic carbocycles. The number of aliphatic hydroxyl groups excluding tert-OH is 2. The van der Waals surface area contributed by atoms with Crippen LogP contribution in [0.2, 0.25) is 0 Å². The Kier molecular flexibility index (Phi) is 5.52. The third-order valence-electron chi connectivity index (χ3n) is 2.53. The van der Waals surface area contributed by atoms with Gasteiger partial charge in [0.2, 0.25) is 0 Å². The average Bonchev–Trinajstić information content (AvgIpc) is 2.35. The minimum Gasteiger partial charge on any atom is -0.447 e. The molecule has 1 saturated heterocycles. The molecule has 3 amide bonds. The highest BCUT2D eigenvalue weighted by Gasteiger charge is 2.49. The van der Waals surface area contributed by atoms with Crippen LogP contribution in [0, 0.1) is 0 Å². The van der Waals surface area contributed by atoms with E-state index in [4.69, 9.17) is 21.9 Å². The van der Waals surface area contributed by atoms with Crippen LogP contribution >= 0.6 is 0 Å². The molecule has 8 N–H and O–H groups in total. The SMILES string of the molecule is NC(=O)OC[C@H]1OC(O)[C@@H](OC(N)=O)[C@@H](O)[C@@H]1OC(N)=O. The molecule has 1 unspecified atom stereocenters. The van der Waals surface area contributed by atoms with Crippen molar-refractivity contribution in [3.63, 3.8) is 0 Å². The summed E-state index contributed by atoms with van der Waals surface area (Å²) in [5.74, 6) is 0. The lowest BCUT2D eigenvalue weighted by atomic mass is 9.99. The molecule has 0 aromatic rings. The van der Waals surface area contributed by atoms with Gasteiger partial charge in [0.05, 0.1) is 0 Å². The highest BCUT2D eigenvalue weighted by Crippen LogP contribution is 2.25. The predicted molar refractivity (Wildman–Crippen MR) is 61.3 cm³/mol. The van der Waals surface area contributed by atoms with E-state index in [0.29, 0.717) is 0 Å². The average molecular weight is 309 g/mol. The molecule has 12 heteroatoms. The number of carbonyl (C=O) groups excluding carboxylic acids is 3. The second-order valence-electron chi connectivity index (χ2n) is 3.99. The van der Waals surface area contributed by atoms with Gasteiger partial charge in [-0.3, -0.25) is 0 Å². The topological polar surface area (TPSA) is 207 Å². The molecule has 5 atom stereocenters. The van der Waals surface area contributed by atoms with E-state index in [0.717, 1.165) is 0 Å². The van der Waals surface area contributed by atoms with Gasteiger partial charge in [-0.2, -0.15) is 0 Å². The van der Waals surface area contributed by atoms with Crippen LogP contribution in [0.1, 0.15) is 0 Å². The molecule has 0 aromatic carbocycles. The maximum atomic E-state index is 10.8. The number of hydrogen-bond acceptors (Lipinski definition) is 9. The second-order valence-corrected chi connectivity index (χ2v) is 3.99. The summed E-state index contributed by atoms with van der Waals surface area (Å²) in [6.07, 6.45) is -11.7. The molecule has 0 radical (unpaired) electrons. The summed E-state index contributed by atoms with van der Waals surface area (Å²) in [6, 6.07) is 0. The number of carbonyl (C=O) groups is 3. The van der Waals surface area contributed by atoms with Crippen LogP contribution in [0.5, 0.6) is 0 Å². The van der Waals surface area contributed by atoms with Crippen molar-refractivity contribution in [2.45, 2.75) is 30.7 Å². The Bertz CT molecular complexity index is 415. The molecule has 1 aliphatic heterocycles. The highest BCUT2D eigenvalue weighted by molar-refractivity contribution is 5.66. The molecule has 21 heavy (non-hydrogen) atoms. The van der Waals surface area contributed by atoms with Crippen molar-refractivity contribution in [2.75, 3.05) is 6.61 Å². The fourth-order valence-electron chi connectivity index (χ4n) is 1.75. The Morgan fingerprint density at radius 1 is 0.952 bits per heavy atom. The number of nitrogens with two attached hydrogens (primary N) is 3. The molecule has 120 valence electrons. The van der Waals surface area contributed by atoms with Crippen LogP contribution in [0.15, 0.2) is 0 Å². The van der Waals surface area contributed by atoms with E-state index in [1.165, 1.54) is 0 Å². The predicted octanol–water partition coefficient (Wildman–Crippen LogP) is -2.91.